The lowest BCUT2D eigenvalue weighted by molar-refractivity contribution is -0.114. The summed E-state index contributed by atoms with van der Waals surface area (Å²) in [5.74, 6) is -2.41. The van der Waals surface area contributed by atoms with Crippen molar-refractivity contribution in [3.8, 4) is 0 Å². The third-order valence-electron chi connectivity index (χ3n) is 1.39. The molecule has 3 nitrogen and oxygen atoms in total. The lowest BCUT2D eigenvalue weighted by atomic mass is 10.3. The second-order valence-corrected chi connectivity index (χ2v) is 2.38. The fraction of sp³-hybridized carbons (Fsp3) is 0.125. The van der Waals surface area contributed by atoms with Gasteiger partial charge in [-0.3, -0.25) is 4.79 Å². The van der Waals surface area contributed by atoms with Crippen LogP contribution in [-0.2, 0) is 4.79 Å². The summed E-state index contributed by atoms with van der Waals surface area (Å²) in [5.41, 5.74) is 5.20. The topological polar surface area (TPSA) is 55.1 Å². The molecule has 0 unspecified atom stereocenters. The summed E-state index contributed by atoms with van der Waals surface area (Å²) < 4.78 is 25.0. The van der Waals surface area contributed by atoms with Gasteiger partial charge in [0, 0.05) is 11.8 Å². The second-order valence-electron chi connectivity index (χ2n) is 2.38. The number of carbonyl (C=O) groups excluding carboxylic acids is 1. The van der Waals surface area contributed by atoms with E-state index in [1.54, 1.807) is 0 Å². The Balaban J connectivity index is 2.79. The molecule has 3 N–H and O–H groups in total. The molecule has 0 bridgehead atoms. The van der Waals surface area contributed by atoms with Gasteiger partial charge in [0.15, 0.2) is 11.6 Å². The zero-order valence-corrected chi connectivity index (χ0v) is 6.68. The van der Waals surface area contributed by atoms with Crippen LogP contribution in [0.4, 0.5) is 14.5 Å². The molecule has 0 aromatic heterocycles. The van der Waals surface area contributed by atoms with Gasteiger partial charge in [-0.05, 0) is 12.1 Å². The predicted molar refractivity (Wildman–Crippen MR) is 44.0 cm³/mol. The number of halogens is 2. The molecule has 1 aromatic carbocycles. The highest BCUT2D eigenvalue weighted by atomic mass is 19.2. The van der Waals surface area contributed by atoms with Crippen LogP contribution >= 0.6 is 0 Å². The van der Waals surface area contributed by atoms with Crippen molar-refractivity contribution in [3.63, 3.8) is 0 Å². The van der Waals surface area contributed by atoms with E-state index in [1.165, 1.54) is 6.07 Å². The molecule has 5 heteroatoms. The van der Waals surface area contributed by atoms with Crippen LogP contribution in [0, 0.1) is 11.6 Å². The van der Waals surface area contributed by atoms with Crippen molar-refractivity contribution in [1.29, 1.82) is 0 Å². The fourth-order valence-corrected chi connectivity index (χ4v) is 0.786. The van der Waals surface area contributed by atoms with E-state index >= 15 is 0 Å². The SMILES string of the molecule is NCC(=O)Nc1ccc(F)c(F)c1. The van der Waals surface area contributed by atoms with Crippen LogP contribution in [0.2, 0.25) is 0 Å². The standard InChI is InChI=1S/C8H8F2N2O/c9-6-2-1-5(3-7(6)10)12-8(13)4-11/h1-3H,4,11H2,(H,12,13). The number of hydrogen-bond acceptors (Lipinski definition) is 2. The fourth-order valence-electron chi connectivity index (χ4n) is 0.786. The molecule has 0 saturated carbocycles. The van der Waals surface area contributed by atoms with Crippen LogP contribution in [0.25, 0.3) is 0 Å². The highest BCUT2D eigenvalue weighted by Crippen LogP contribution is 2.12. The van der Waals surface area contributed by atoms with Gasteiger partial charge >= 0.3 is 0 Å². The molecule has 0 radical (unpaired) electrons. The number of nitrogens with two attached hydrogens (primary N) is 1. The Bertz CT molecular complexity index is 328. The molecule has 0 aliphatic heterocycles. The van der Waals surface area contributed by atoms with Gasteiger partial charge in [-0.2, -0.15) is 0 Å². The normalized spacial score (nSPS) is 9.77. The first-order valence-electron chi connectivity index (χ1n) is 3.58. The Kier molecular flexibility index (Phi) is 2.92. The average molecular weight is 186 g/mol. The van der Waals surface area contributed by atoms with Gasteiger partial charge in [0.05, 0.1) is 6.54 Å². The molecule has 0 atom stereocenters. The Labute approximate surface area is 73.5 Å². The van der Waals surface area contributed by atoms with E-state index in [-0.39, 0.29) is 12.2 Å². The van der Waals surface area contributed by atoms with E-state index in [0.29, 0.717) is 0 Å². The average Bonchev–Trinajstić information content (AvgIpc) is 2.11. The zero-order chi connectivity index (χ0) is 9.84. The predicted octanol–water partition coefficient (Wildman–Crippen LogP) is 0.862. The number of benzene rings is 1. The van der Waals surface area contributed by atoms with Gasteiger partial charge in [-0.1, -0.05) is 0 Å². The summed E-state index contributed by atoms with van der Waals surface area (Å²) in [6, 6.07) is 3.08. The van der Waals surface area contributed by atoms with Crippen LogP contribution in [0.5, 0.6) is 0 Å². The van der Waals surface area contributed by atoms with Crippen molar-refractivity contribution in [2.24, 2.45) is 5.73 Å². The number of rotatable bonds is 2. The summed E-state index contributed by atoms with van der Waals surface area (Å²) in [5, 5.41) is 2.29. The maximum absolute atomic E-state index is 12.6. The minimum absolute atomic E-state index is 0.189. The first-order valence-corrected chi connectivity index (χ1v) is 3.58. The Morgan fingerprint density at radius 3 is 2.62 bits per heavy atom. The summed E-state index contributed by atoms with van der Waals surface area (Å²) in [4.78, 5) is 10.7. The van der Waals surface area contributed by atoms with Gasteiger partial charge in [-0.25, -0.2) is 8.78 Å². The Hall–Kier alpha value is -1.49. The first-order chi connectivity index (χ1) is 6.13. The van der Waals surface area contributed by atoms with Crippen molar-refractivity contribution < 1.29 is 13.6 Å². The van der Waals surface area contributed by atoms with Crippen molar-refractivity contribution in [3.05, 3.63) is 29.8 Å². The lowest BCUT2D eigenvalue weighted by Gasteiger charge is -2.02. The van der Waals surface area contributed by atoms with E-state index in [1.807, 2.05) is 0 Å². The molecule has 1 amide bonds. The molecule has 1 rings (SSSR count). The highest BCUT2D eigenvalue weighted by Gasteiger charge is 2.04. The van der Waals surface area contributed by atoms with Crippen molar-refractivity contribution in [2.45, 2.75) is 0 Å². The monoisotopic (exact) mass is 186 g/mol. The highest BCUT2D eigenvalue weighted by molar-refractivity contribution is 5.91. The van der Waals surface area contributed by atoms with E-state index in [4.69, 9.17) is 5.73 Å². The van der Waals surface area contributed by atoms with E-state index in [0.717, 1.165) is 12.1 Å². The Morgan fingerprint density at radius 1 is 1.38 bits per heavy atom. The molecule has 0 aliphatic carbocycles. The maximum atomic E-state index is 12.6. The molecule has 70 valence electrons. The minimum atomic E-state index is -1.00. The van der Waals surface area contributed by atoms with Gasteiger partial charge in [0.2, 0.25) is 5.91 Å². The van der Waals surface area contributed by atoms with Crippen molar-refractivity contribution in [1.82, 2.24) is 0 Å². The number of amides is 1. The maximum Gasteiger partial charge on any atom is 0.238 e. The quantitative estimate of drug-likeness (QED) is 0.719. The molecule has 0 saturated heterocycles. The van der Waals surface area contributed by atoms with Crippen molar-refractivity contribution in [2.75, 3.05) is 11.9 Å². The van der Waals surface area contributed by atoms with Crippen LogP contribution < -0.4 is 11.1 Å². The molecule has 13 heavy (non-hydrogen) atoms. The molecule has 0 heterocycles. The van der Waals surface area contributed by atoms with Crippen LogP contribution in [0.3, 0.4) is 0 Å². The van der Waals surface area contributed by atoms with Gasteiger partial charge < -0.3 is 11.1 Å². The summed E-state index contributed by atoms with van der Waals surface area (Å²) >= 11 is 0. The number of anilines is 1. The number of hydrogen-bond donors (Lipinski definition) is 2. The molecular formula is C8H8F2N2O. The van der Waals surface area contributed by atoms with Crippen LogP contribution in [0.1, 0.15) is 0 Å². The molecular weight excluding hydrogens is 178 g/mol. The minimum Gasteiger partial charge on any atom is -0.325 e. The van der Waals surface area contributed by atoms with E-state index < -0.39 is 17.5 Å². The smallest absolute Gasteiger partial charge is 0.238 e. The zero-order valence-electron chi connectivity index (χ0n) is 6.68. The third kappa shape index (κ3) is 2.48. The number of nitrogens with one attached hydrogen (secondary N) is 1. The van der Waals surface area contributed by atoms with Crippen LogP contribution in [-0.4, -0.2) is 12.5 Å². The second kappa shape index (κ2) is 3.95. The van der Waals surface area contributed by atoms with Crippen LogP contribution in [0.15, 0.2) is 18.2 Å². The molecule has 0 fully saturated rings. The van der Waals surface area contributed by atoms with Gasteiger partial charge in [0.25, 0.3) is 0 Å². The van der Waals surface area contributed by atoms with E-state index in [2.05, 4.69) is 5.32 Å². The molecule has 0 aliphatic rings. The summed E-state index contributed by atoms with van der Waals surface area (Å²) in [6.45, 7) is -0.195. The Morgan fingerprint density at radius 2 is 2.08 bits per heavy atom. The van der Waals surface area contributed by atoms with E-state index in [9.17, 15) is 13.6 Å². The summed E-state index contributed by atoms with van der Waals surface area (Å²) in [7, 11) is 0. The summed E-state index contributed by atoms with van der Waals surface area (Å²) in [6.07, 6.45) is 0. The number of carbonyl (C=O) groups is 1. The molecule has 1 aromatic rings. The van der Waals surface area contributed by atoms with Gasteiger partial charge in [-0.15, -0.1) is 0 Å². The third-order valence-corrected chi connectivity index (χ3v) is 1.39. The largest absolute Gasteiger partial charge is 0.325 e. The lowest BCUT2D eigenvalue weighted by Crippen LogP contribution is -2.21. The molecule has 0 spiro atoms. The first kappa shape index (κ1) is 9.60. The van der Waals surface area contributed by atoms with Crippen molar-refractivity contribution >= 4 is 11.6 Å². The van der Waals surface area contributed by atoms with Gasteiger partial charge in [0.1, 0.15) is 0 Å².